The molecule has 1 heteroatoms. The lowest BCUT2D eigenvalue weighted by Gasteiger charge is -2.17. The summed E-state index contributed by atoms with van der Waals surface area (Å²) in [6.45, 7) is 4.38. The largest absolute Gasteiger partial charge is 0.0720 e. The van der Waals surface area contributed by atoms with Crippen LogP contribution in [-0.2, 0) is 0 Å². The smallest absolute Gasteiger partial charge is 0.0284 e. The summed E-state index contributed by atoms with van der Waals surface area (Å²) in [4.78, 5) is 0. The Morgan fingerprint density at radius 3 is 2.56 bits per heavy atom. The van der Waals surface area contributed by atoms with Crippen molar-refractivity contribution in [2.24, 2.45) is 0 Å². The number of rotatable bonds is 1. The van der Waals surface area contributed by atoms with Crippen molar-refractivity contribution in [2.45, 2.75) is 19.8 Å². The predicted octanol–water partition coefficient (Wildman–Crippen LogP) is 5.22. The number of allylic oxidation sites excluding steroid dienone is 1. The molecule has 1 aliphatic rings. The highest BCUT2D eigenvalue weighted by molar-refractivity contribution is 9.10. The maximum Gasteiger partial charge on any atom is 0.0284 e. The van der Waals surface area contributed by atoms with Crippen molar-refractivity contribution in [1.82, 2.24) is 0 Å². The molecule has 90 valence electrons. The van der Waals surface area contributed by atoms with E-state index in [1.54, 1.807) is 0 Å². The first-order valence-electron chi connectivity index (χ1n) is 6.21. The van der Waals surface area contributed by atoms with Gasteiger partial charge in [0.15, 0.2) is 0 Å². The molecule has 0 heterocycles. The van der Waals surface area contributed by atoms with Crippen LogP contribution in [0.4, 0.5) is 0 Å². The molecule has 0 aliphatic heterocycles. The molecule has 0 radical (unpaired) electrons. The molecule has 18 heavy (non-hydrogen) atoms. The Hall–Kier alpha value is -1.34. The van der Waals surface area contributed by atoms with Crippen LogP contribution >= 0.6 is 15.9 Å². The fourth-order valence-electron chi connectivity index (χ4n) is 2.77. The second-order valence-electron chi connectivity index (χ2n) is 4.87. The molecule has 0 amide bonds. The first-order chi connectivity index (χ1) is 8.68. The van der Waals surface area contributed by atoms with E-state index < -0.39 is 0 Å². The quantitative estimate of drug-likeness (QED) is 0.677. The van der Waals surface area contributed by atoms with Crippen LogP contribution in [0.1, 0.15) is 33.7 Å². The maximum atomic E-state index is 3.64. The Morgan fingerprint density at radius 1 is 1.00 bits per heavy atom. The predicted molar refractivity (Wildman–Crippen MR) is 80.9 cm³/mol. The van der Waals surface area contributed by atoms with Crippen LogP contribution in [-0.4, -0.2) is 0 Å². The van der Waals surface area contributed by atoms with Gasteiger partial charge in [-0.2, -0.15) is 0 Å². The minimum atomic E-state index is 0.402. The van der Waals surface area contributed by atoms with Gasteiger partial charge < -0.3 is 0 Å². The molecular formula is C17H15Br. The fourth-order valence-corrected chi connectivity index (χ4v) is 3.12. The van der Waals surface area contributed by atoms with E-state index in [0.29, 0.717) is 5.92 Å². The van der Waals surface area contributed by atoms with E-state index in [1.165, 1.54) is 32.3 Å². The van der Waals surface area contributed by atoms with E-state index in [4.69, 9.17) is 0 Å². The standard InChI is InChI=1S/C17H15Br/c1-11-5-3-4-6-14(11)15-9-7-13-8-10-16(18)12(2)17(13)15/h3-10,15H,1-2H3. The lowest BCUT2D eigenvalue weighted by atomic mass is 9.88. The molecule has 0 spiro atoms. The first kappa shape index (κ1) is 11.7. The van der Waals surface area contributed by atoms with Gasteiger partial charge in [-0.1, -0.05) is 58.4 Å². The maximum absolute atomic E-state index is 3.64. The highest BCUT2D eigenvalue weighted by Crippen LogP contribution is 2.40. The monoisotopic (exact) mass is 298 g/mol. The first-order valence-corrected chi connectivity index (χ1v) is 7.00. The van der Waals surface area contributed by atoms with Gasteiger partial charge in [0.25, 0.3) is 0 Å². The third-order valence-electron chi connectivity index (χ3n) is 3.79. The van der Waals surface area contributed by atoms with Crippen LogP contribution in [0.25, 0.3) is 6.08 Å². The average molecular weight is 299 g/mol. The molecule has 0 N–H and O–H groups in total. The van der Waals surface area contributed by atoms with Gasteiger partial charge in [-0.3, -0.25) is 0 Å². The molecule has 1 unspecified atom stereocenters. The van der Waals surface area contributed by atoms with Crippen LogP contribution in [0.2, 0.25) is 0 Å². The minimum Gasteiger partial charge on any atom is -0.0720 e. The van der Waals surface area contributed by atoms with Crippen molar-refractivity contribution < 1.29 is 0 Å². The van der Waals surface area contributed by atoms with Gasteiger partial charge in [0.2, 0.25) is 0 Å². The SMILES string of the molecule is Cc1ccccc1C1C=Cc2ccc(Br)c(C)c21. The molecule has 0 aromatic heterocycles. The van der Waals surface area contributed by atoms with Gasteiger partial charge in [-0.25, -0.2) is 0 Å². The van der Waals surface area contributed by atoms with Crippen LogP contribution in [0.15, 0.2) is 46.9 Å². The zero-order valence-electron chi connectivity index (χ0n) is 10.6. The zero-order chi connectivity index (χ0) is 12.7. The normalized spacial score (nSPS) is 16.9. The third-order valence-corrected chi connectivity index (χ3v) is 4.64. The molecule has 1 atom stereocenters. The third kappa shape index (κ3) is 1.74. The topological polar surface area (TPSA) is 0 Å². The van der Waals surface area contributed by atoms with Gasteiger partial charge in [0.1, 0.15) is 0 Å². The molecule has 0 nitrogen and oxygen atoms in total. The van der Waals surface area contributed by atoms with E-state index in [2.05, 4.69) is 78.3 Å². The molecule has 3 rings (SSSR count). The molecule has 0 saturated carbocycles. The van der Waals surface area contributed by atoms with Crippen molar-refractivity contribution in [3.05, 3.63) is 74.8 Å². The fraction of sp³-hybridized carbons (Fsp3) is 0.176. The number of hydrogen-bond donors (Lipinski definition) is 0. The van der Waals surface area contributed by atoms with Crippen molar-refractivity contribution >= 4 is 22.0 Å². The Bertz CT molecular complexity index is 638. The summed E-state index contributed by atoms with van der Waals surface area (Å²) < 4.78 is 1.20. The van der Waals surface area contributed by atoms with Crippen LogP contribution in [0.3, 0.4) is 0 Å². The number of halogens is 1. The van der Waals surface area contributed by atoms with Gasteiger partial charge in [0.05, 0.1) is 0 Å². The Kier molecular flexibility index (Phi) is 2.87. The van der Waals surface area contributed by atoms with Gasteiger partial charge in [-0.05, 0) is 47.7 Å². The zero-order valence-corrected chi connectivity index (χ0v) is 12.2. The molecule has 0 fully saturated rings. The highest BCUT2D eigenvalue weighted by atomic mass is 79.9. The van der Waals surface area contributed by atoms with Crippen molar-refractivity contribution in [2.75, 3.05) is 0 Å². The number of hydrogen-bond acceptors (Lipinski definition) is 0. The van der Waals surface area contributed by atoms with Crippen LogP contribution in [0.5, 0.6) is 0 Å². The molecule has 1 aliphatic carbocycles. The molecule has 0 saturated heterocycles. The summed E-state index contributed by atoms with van der Waals surface area (Å²) in [5.41, 5.74) is 6.92. The number of aryl methyl sites for hydroxylation is 1. The molecular weight excluding hydrogens is 284 g/mol. The summed E-state index contributed by atoms with van der Waals surface area (Å²) in [5.74, 6) is 0.402. The highest BCUT2D eigenvalue weighted by Gasteiger charge is 2.22. The van der Waals surface area contributed by atoms with Gasteiger partial charge >= 0.3 is 0 Å². The minimum absolute atomic E-state index is 0.402. The van der Waals surface area contributed by atoms with Gasteiger partial charge in [0, 0.05) is 10.4 Å². The molecule has 2 aromatic rings. The second-order valence-corrected chi connectivity index (χ2v) is 5.72. The van der Waals surface area contributed by atoms with Crippen molar-refractivity contribution in [3.63, 3.8) is 0 Å². The second kappa shape index (κ2) is 4.40. The van der Waals surface area contributed by atoms with E-state index in [-0.39, 0.29) is 0 Å². The summed E-state index contributed by atoms with van der Waals surface area (Å²) in [5, 5.41) is 0. The average Bonchev–Trinajstić information content (AvgIpc) is 2.79. The Labute approximate surface area is 116 Å². The van der Waals surface area contributed by atoms with E-state index >= 15 is 0 Å². The lowest BCUT2D eigenvalue weighted by molar-refractivity contribution is 1.01. The molecule has 0 bridgehead atoms. The summed E-state index contributed by atoms with van der Waals surface area (Å²) in [6, 6.07) is 13.0. The van der Waals surface area contributed by atoms with Crippen molar-refractivity contribution in [1.29, 1.82) is 0 Å². The summed E-state index contributed by atoms with van der Waals surface area (Å²) in [7, 11) is 0. The number of fused-ring (bicyclic) bond motifs is 1. The lowest BCUT2D eigenvalue weighted by Crippen LogP contribution is -2.01. The Morgan fingerprint density at radius 2 is 1.78 bits per heavy atom. The van der Waals surface area contributed by atoms with Crippen LogP contribution in [0, 0.1) is 13.8 Å². The van der Waals surface area contributed by atoms with E-state index in [9.17, 15) is 0 Å². The van der Waals surface area contributed by atoms with Crippen molar-refractivity contribution in [3.8, 4) is 0 Å². The number of benzene rings is 2. The molecule has 2 aromatic carbocycles. The van der Waals surface area contributed by atoms with E-state index in [1.807, 2.05) is 0 Å². The Balaban J connectivity index is 2.19. The summed E-state index contributed by atoms with van der Waals surface area (Å²) >= 11 is 3.64. The summed E-state index contributed by atoms with van der Waals surface area (Å²) in [6.07, 6.45) is 4.55. The van der Waals surface area contributed by atoms with Gasteiger partial charge in [-0.15, -0.1) is 0 Å². The van der Waals surface area contributed by atoms with Crippen LogP contribution < -0.4 is 0 Å². The van der Waals surface area contributed by atoms with E-state index in [0.717, 1.165) is 0 Å².